The molecule has 0 saturated heterocycles. The third-order valence-corrected chi connectivity index (χ3v) is 5.96. The maximum Gasteiger partial charge on any atom is 0.414 e. The minimum Gasteiger partial charge on any atom is -0.480 e. The maximum atomic E-state index is 12.5. The number of hydrogen-bond acceptors (Lipinski definition) is 8. The van der Waals surface area contributed by atoms with E-state index in [1.54, 1.807) is 0 Å². The van der Waals surface area contributed by atoms with Crippen LogP contribution in [0.3, 0.4) is 0 Å². The Bertz CT molecular complexity index is 1240. The second kappa shape index (κ2) is 15.5. The van der Waals surface area contributed by atoms with Gasteiger partial charge in [-0.3, -0.25) is 15.6 Å². The number of aliphatic imine (C=N–C) groups is 1. The summed E-state index contributed by atoms with van der Waals surface area (Å²) in [6.45, 7) is 6.77. The average molecular weight is 565 g/mol. The van der Waals surface area contributed by atoms with E-state index in [9.17, 15) is 24.3 Å². The second-order valence-electron chi connectivity index (χ2n) is 8.76. The number of benzene rings is 2. The number of ether oxygens (including phenoxy) is 3. The molecular formula is C29H32N4O8. The molecular weight excluding hydrogens is 532 g/mol. The van der Waals surface area contributed by atoms with Crippen LogP contribution in [0, 0.1) is 0 Å². The number of carbonyl (C=O) groups excluding carboxylic acids is 3. The number of carbonyl (C=O) groups is 4. The summed E-state index contributed by atoms with van der Waals surface area (Å²) in [7, 11) is 0. The molecule has 0 radical (unpaired) electrons. The lowest BCUT2D eigenvalue weighted by Crippen LogP contribution is -2.44. The lowest BCUT2D eigenvalue weighted by Gasteiger charge is -2.17. The standard InChI is InChI=1S/C29H32N4O8/c1-3-16-39-28(37)32-26(33-29(38)40-17-4-2)30-15-9-14-24(25(34)35)31-27(36)41-18-23-21-12-7-5-10-19(21)20-11-6-8-13-22(20)23/h3-8,10-13,23-24H,1-2,9,14-18H2,(H,31,36)(H,34,35)(H2,30,32,33,37,38)/t24-/m1/s1. The molecule has 0 spiro atoms. The normalized spacial score (nSPS) is 12.0. The van der Waals surface area contributed by atoms with Crippen molar-refractivity contribution in [3.63, 3.8) is 0 Å². The fraction of sp³-hybridized carbons (Fsp3) is 0.276. The highest BCUT2D eigenvalue weighted by Crippen LogP contribution is 2.44. The van der Waals surface area contributed by atoms with Crippen molar-refractivity contribution in [1.82, 2.24) is 16.0 Å². The molecule has 216 valence electrons. The Balaban J connectivity index is 1.54. The molecule has 3 amide bonds. The van der Waals surface area contributed by atoms with Crippen LogP contribution in [0.4, 0.5) is 14.4 Å². The van der Waals surface area contributed by atoms with Gasteiger partial charge in [-0.1, -0.05) is 73.8 Å². The number of carboxylic acids is 1. The van der Waals surface area contributed by atoms with Crippen molar-refractivity contribution in [2.24, 2.45) is 4.99 Å². The van der Waals surface area contributed by atoms with E-state index >= 15 is 0 Å². The van der Waals surface area contributed by atoms with Gasteiger partial charge in [-0.15, -0.1) is 0 Å². The predicted octanol–water partition coefficient (Wildman–Crippen LogP) is 3.94. The van der Waals surface area contributed by atoms with E-state index in [4.69, 9.17) is 14.2 Å². The quantitative estimate of drug-likeness (QED) is 0.0990. The number of aliphatic carboxylic acids is 1. The number of rotatable bonds is 12. The lowest BCUT2D eigenvalue weighted by molar-refractivity contribution is -0.139. The Morgan fingerprint density at radius 3 is 1.90 bits per heavy atom. The molecule has 3 rings (SSSR count). The zero-order valence-electron chi connectivity index (χ0n) is 22.3. The molecule has 0 aromatic heterocycles. The highest BCUT2D eigenvalue weighted by molar-refractivity contribution is 6.01. The Labute approximate surface area is 237 Å². The van der Waals surface area contributed by atoms with Gasteiger partial charge in [-0.05, 0) is 35.1 Å². The van der Waals surface area contributed by atoms with Gasteiger partial charge >= 0.3 is 24.2 Å². The van der Waals surface area contributed by atoms with Crippen molar-refractivity contribution >= 4 is 30.2 Å². The third kappa shape index (κ3) is 8.95. The highest BCUT2D eigenvalue weighted by Gasteiger charge is 2.29. The van der Waals surface area contributed by atoms with Crippen molar-refractivity contribution in [3.8, 4) is 11.1 Å². The first-order valence-corrected chi connectivity index (χ1v) is 12.8. The van der Waals surface area contributed by atoms with Crippen molar-refractivity contribution < 1.29 is 38.5 Å². The van der Waals surface area contributed by atoms with Gasteiger partial charge in [0.05, 0.1) is 0 Å². The molecule has 2 aromatic rings. The number of nitrogens with one attached hydrogen (secondary N) is 3. The lowest BCUT2D eigenvalue weighted by atomic mass is 9.98. The van der Waals surface area contributed by atoms with E-state index in [2.05, 4.69) is 34.1 Å². The van der Waals surface area contributed by atoms with Crippen molar-refractivity contribution in [3.05, 3.63) is 85.0 Å². The Kier molecular flexibility index (Phi) is 11.5. The zero-order chi connectivity index (χ0) is 29.6. The summed E-state index contributed by atoms with van der Waals surface area (Å²) in [5.41, 5.74) is 4.22. The zero-order valence-corrected chi connectivity index (χ0v) is 22.3. The Hall–Kier alpha value is -5.13. The van der Waals surface area contributed by atoms with Crippen molar-refractivity contribution in [2.45, 2.75) is 24.8 Å². The molecule has 2 aromatic carbocycles. The molecule has 0 fully saturated rings. The molecule has 1 aliphatic carbocycles. The second-order valence-corrected chi connectivity index (χ2v) is 8.76. The van der Waals surface area contributed by atoms with Gasteiger partial charge in [-0.25, -0.2) is 19.2 Å². The van der Waals surface area contributed by atoms with Gasteiger partial charge < -0.3 is 24.6 Å². The van der Waals surface area contributed by atoms with E-state index in [0.29, 0.717) is 0 Å². The highest BCUT2D eigenvalue weighted by atomic mass is 16.6. The molecule has 0 saturated carbocycles. The smallest absolute Gasteiger partial charge is 0.414 e. The molecule has 0 aliphatic heterocycles. The van der Waals surface area contributed by atoms with Gasteiger partial charge in [-0.2, -0.15) is 0 Å². The summed E-state index contributed by atoms with van der Waals surface area (Å²) in [4.78, 5) is 52.1. The number of fused-ring (bicyclic) bond motifs is 3. The summed E-state index contributed by atoms with van der Waals surface area (Å²) in [5, 5.41) is 16.5. The minimum absolute atomic E-state index is 0.00186. The SMILES string of the molecule is C=CCOC(=O)NC(=NCCC[C@@H](NC(=O)OCC1c2ccccc2-c2ccccc21)C(=O)O)NC(=O)OCC=C. The van der Waals surface area contributed by atoms with Crippen LogP contribution in [0.5, 0.6) is 0 Å². The topological polar surface area (TPSA) is 165 Å². The van der Waals surface area contributed by atoms with Crippen LogP contribution < -0.4 is 16.0 Å². The van der Waals surface area contributed by atoms with Crippen molar-refractivity contribution in [1.29, 1.82) is 0 Å². The van der Waals surface area contributed by atoms with E-state index in [-0.39, 0.29) is 51.1 Å². The molecule has 12 nitrogen and oxygen atoms in total. The van der Waals surface area contributed by atoms with Crippen LogP contribution in [0.25, 0.3) is 11.1 Å². The van der Waals surface area contributed by atoms with Crippen LogP contribution >= 0.6 is 0 Å². The largest absolute Gasteiger partial charge is 0.480 e. The number of alkyl carbamates (subject to hydrolysis) is 3. The van der Waals surface area contributed by atoms with Gasteiger partial charge in [0, 0.05) is 12.5 Å². The number of carboxylic acid groups (broad SMARTS) is 1. The monoisotopic (exact) mass is 564 g/mol. The van der Waals surface area contributed by atoms with Gasteiger partial charge in [0.2, 0.25) is 5.96 Å². The summed E-state index contributed by atoms with van der Waals surface area (Å²) in [6.07, 6.45) is 0.243. The van der Waals surface area contributed by atoms with E-state index in [1.165, 1.54) is 12.2 Å². The fourth-order valence-corrected chi connectivity index (χ4v) is 4.17. The summed E-state index contributed by atoms with van der Waals surface area (Å²) in [5.74, 6) is -1.68. The fourth-order valence-electron chi connectivity index (χ4n) is 4.17. The molecule has 1 aliphatic rings. The summed E-state index contributed by atoms with van der Waals surface area (Å²) < 4.78 is 15.1. The molecule has 12 heteroatoms. The van der Waals surface area contributed by atoms with E-state index in [0.717, 1.165) is 22.3 Å². The van der Waals surface area contributed by atoms with Crippen LogP contribution in [-0.2, 0) is 19.0 Å². The summed E-state index contributed by atoms with van der Waals surface area (Å²) in [6, 6.07) is 14.5. The first-order valence-electron chi connectivity index (χ1n) is 12.8. The molecule has 4 N–H and O–H groups in total. The Morgan fingerprint density at radius 2 is 1.39 bits per heavy atom. The molecule has 0 bridgehead atoms. The van der Waals surface area contributed by atoms with Crippen molar-refractivity contribution in [2.75, 3.05) is 26.4 Å². The molecule has 0 heterocycles. The van der Waals surface area contributed by atoms with Crippen LogP contribution in [-0.4, -0.2) is 67.7 Å². The number of nitrogens with zero attached hydrogens (tertiary/aromatic N) is 1. The maximum absolute atomic E-state index is 12.5. The number of amides is 3. The Morgan fingerprint density at radius 1 is 0.854 bits per heavy atom. The minimum atomic E-state index is -1.25. The molecule has 0 unspecified atom stereocenters. The van der Waals surface area contributed by atoms with Gasteiger partial charge in [0.15, 0.2) is 0 Å². The van der Waals surface area contributed by atoms with E-state index in [1.807, 2.05) is 48.5 Å². The molecule has 41 heavy (non-hydrogen) atoms. The van der Waals surface area contributed by atoms with E-state index < -0.39 is 30.3 Å². The average Bonchev–Trinajstić information content (AvgIpc) is 3.28. The first-order chi connectivity index (χ1) is 19.8. The summed E-state index contributed by atoms with van der Waals surface area (Å²) >= 11 is 0. The van der Waals surface area contributed by atoms with Crippen LogP contribution in [0.1, 0.15) is 29.9 Å². The van der Waals surface area contributed by atoms with Gasteiger partial charge in [0.25, 0.3) is 0 Å². The predicted molar refractivity (Wildman–Crippen MR) is 151 cm³/mol. The number of hydrogen-bond donors (Lipinski definition) is 4. The van der Waals surface area contributed by atoms with Crippen LogP contribution in [0.2, 0.25) is 0 Å². The third-order valence-electron chi connectivity index (χ3n) is 5.96. The number of guanidine groups is 1. The van der Waals surface area contributed by atoms with Gasteiger partial charge in [0.1, 0.15) is 25.9 Å². The first kappa shape index (κ1) is 30.4. The molecule has 1 atom stereocenters. The van der Waals surface area contributed by atoms with Crippen LogP contribution in [0.15, 0.2) is 78.8 Å².